The number of rotatable bonds is 7. The molecule has 0 radical (unpaired) electrons. The molecule has 3 amide bonds. The molecule has 0 saturated heterocycles. The van der Waals surface area contributed by atoms with E-state index in [1.165, 1.54) is 0 Å². The first-order chi connectivity index (χ1) is 13.4. The lowest BCUT2D eigenvalue weighted by atomic mass is 10.1. The van der Waals surface area contributed by atoms with E-state index in [4.69, 9.17) is 11.6 Å². The van der Waals surface area contributed by atoms with Gasteiger partial charge in [-0.05, 0) is 37.6 Å². The van der Waals surface area contributed by atoms with Crippen LogP contribution in [0.15, 0.2) is 42.5 Å². The zero-order valence-electron chi connectivity index (χ0n) is 15.8. The highest BCUT2D eigenvalue weighted by molar-refractivity contribution is 6.33. The highest BCUT2D eigenvalue weighted by Crippen LogP contribution is 2.15. The predicted octanol–water partition coefficient (Wildman–Crippen LogP) is 2.34. The second kappa shape index (κ2) is 10.3. The zero-order chi connectivity index (χ0) is 20.5. The maximum Gasteiger partial charge on any atom is 0.257 e. The molecule has 0 aliphatic carbocycles. The van der Waals surface area contributed by atoms with Crippen LogP contribution in [0.3, 0.4) is 0 Å². The molecule has 0 saturated carbocycles. The molecule has 0 aliphatic heterocycles. The average molecular weight is 403 g/mol. The first-order valence-corrected chi connectivity index (χ1v) is 9.16. The molecule has 0 atom stereocenters. The highest BCUT2D eigenvalue weighted by atomic mass is 35.5. The number of hydrogen-bond acceptors (Lipinski definition) is 4. The van der Waals surface area contributed by atoms with E-state index in [1.807, 2.05) is 32.0 Å². The number of carbonyl (C=O) groups is 3. The van der Waals surface area contributed by atoms with Crippen molar-refractivity contribution in [1.29, 1.82) is 0 Å². The van der Waals surface area contributed by atoms with Gasteiger partial charge in [-0.3, -0.25) is 25.2 Å². The summed E-state index contributed by atoms with van der Waals surface area (Å²) >= 11 is 5.94. The molecular formula is C20H23ClN4O3. The number of benzene rings is 2. The molecule has 0 aromatic heterocycles. The minimum absolute atomic E-state index is 0.0149. The van der Waals surface area contributed by atoms with E-state index in [-0.39, 0.29) is 31.3 Å². The summed E-state index contributed by atoms with van der Waals surface area (Å²) in [5.41, 5.74) is 8.01. The molecule has 0 aliphatic rings. The molecule has 7 nitrogen and oxygen atoms in total. The van der Waals surface area contributed by atoms with Gasteiger partial charge >= 0.3 is 0 Å². The van der Waals surface area contributed by atoms with E-state index in [0.717, 1.165) is 16.8 Å². The first-order valence-electron chi connectivity index (χ1n) is 8.78. The molecule has 2 rings (SSSR count). The van der Waals surface area contributed by atoms with Crippen molar-refractivity contribution in [2.24, 2.45) is 0 Å². The van der Waals surface area contributed by atoms with Gasteiger partial charge in [-0.1, -0.05) is 41.4 Å². The van der Waals surface area contributed by atoms with Crippen LogP contribution >= 0.6 is 11.6 Å². The highest BCUT2D eigenvalue weighted by Gasteiger charge is 2.10. The van der Waals surface area contributed by atoms with Gasteiger partial charge in [0.15, 0.2) is 0 Å². The number of amides is 3. The third kappa shape index (κ3) is 6.59. The van der Waals surface area contributed by atoms with Gasteiger partial charge < -0.3 is 10.6 Å². The lowest BCUT2D eigenvalue weighted by Crippen LogP contribution is -2.45. The van der Waals surface area contributed by atoms with Crippen molar-refractivity contribution < 1.29 is 14.4 Å². The van der Waals surface area contributed by atoms with Crippen molar-refractivity contribution in [3.63, 3.8) is 0 Å². The number of hydrogen-bond donors (Lipinski definition) is 4. The van der Waals surface area contributed by atoms with E-state index in [2.05, 4.69) is 21.5 Å². The third-order valence-corrected chi connectivity index (χ3v) is 4.25. The van der Waals surface area contributed by atoms with Gasteiger partial charge in [-0.15, -0.1) is 0 Å². The summed E-state index contributed by atoms with van der Waals surface area (Å²) < 4.78 is 0. The molecule has 0 spiro atoms. The number of carbonyl (C=O) groups excluding carboxylic acids is 3. The summed E-state index contributed by atoms with van der Waals surface area (Å²) in [4.78, 5) is 35.6. The molecule has 8 heteroatoms. The van der Waals surface area contributed by atoms with E-state index in [9.17, 15) is 14.4 Å². The Labute approximate surface area is 168 Å². The summed E-state index contributed by atoms with van der Waals surface area (Å²) in [6, 6.07) is 12.5. The first kappa shape index (κ1) is 21.2. The van der Waals surface area contributed by atoms with Gasteiger partial charge in [0.25, 0.3) is 11.8 Å². The van der Waals surface area contributed by atoms with Crippen molar-refractivity contribution in [3.05, 3.63) is 64.2 Å². The number of hydrazine groups is 1. The SMILES string of the molecule is Cc1ccc(NCC(=O)NNC(=O)CCNC(=O)c2ccccc2Cl)c(C)c1. The molecular weight excluding hydrogens is 380 g/mol. The van der Waals surface area contributed by atoms with Crippen LogP contribution in [0.5, 0.6) is 0 Å². The Bertz CT molecular complexity index is 870. The van der Waals surface area contributed by atoms with E-state index in [0.29, 0.717) is 10.6 Å². The van der Waals surface area contributed by atoms with Crippen LogP contribution < -0.4 is 21.5 Å². The molecule has 0 unspecified atom stereocenters. The standard InChI is InChI=1S/C20H23ClN4O3/c1-13-7-8-17(14(2)11-13)23-12-19(27)25-24-18(26)9-10-22-20(28)15-5-3-4-6-16(15)21/h3-8,11,23H,9-10,12H2,1-2H3,(H,22,28)(H,24,26)(H,25,27). The van der Waals surface area contributed by atoms with Crippen molar-refractivity contribution >= 4 is 35.0 Å². The third-order valence-electron chi connectivity index (χ3n) is 3.92. The summed E-state index contributed by atoms with van der Waals surface area (Å²) in [7, 11) is 0. The molecule has 0 heterocycles. The molecule has 0 fully saturated rings. The average Bonchev–Trinajstić information content (AvgIpc) is 2.66. The van der Waals surface area contributed by atoms with Gasteiger partial charge in [-0.2, -0.15) is 0 Å². The molecule has 28 heavy (non-hydrogen) atoms. The van der Waals surface area contributed by atoms with E-state index >= 15 is 0 Å². The number of anilines is 1. The van der Waals surface area contributed by atoms with Crippen molar-refractivity contribution in [3.8, 4) is 0 Å². The second-order valence-electron chi connectivity index (χ2n) is 6.25. The number of nitrogens with one attached hydrogen (secondary N) is 4. The Kier molecular flexibility index (Phi) is 7.83. The summed E-state index contributed by atoms with van der Waals surface area (Å²) in [5.74, 6) is -1.16. The number of aryl methyl sites for hydroxylation is 2. The van der Waals surface area contributed by atoms with Crippen LogP contribution in [0, 0.1) is 13.8 Å². The van der Waals surface area contributed by atoms with E-state index < -0.39 is 5.91 Å². The maximum absolute atomic E-state index is 12.0. The van der Waals surface area contributed by atoms with Crippen LogP contribution in [0.25, 0.3) is 0 Å². The van der Waals surface area contributed by atoms with Crippen LogP contribution in [0.1, 0.15) is 27.9 Å². The normalized spacial score (nSPS) is 10.1. The lowest BCUT2D eigenvalue weighted by Gasteiger charge is -2.11. The Morgan fingerprint density at radius 2 is 1.68 bits per heavy atom. The molecule has 2 aromatic carbocycles. The Hall–Kier alpha value is -3.06. The van der Waals surface area contributed by atoms with Crippen LogP contribution in [-0.2, 0) is 9.59 Å². The number of halogens is 1. The van der Waals surface area contributed by atoms with Crippen LogP contribution in [-0.4, -0.2) is 30.8 Å². The second-order valence-corrected chi connectivity index (χ2v) is 6.66. The van der Waals surface area contributed by atoms with Gasteiger partial charge in [-0.25, -0.2) is 0 Å². The van der Waals surface area contributed by atoms with Crippen LogP contribution in [0.4, 0.5) is 5.69 Å². The van der Waals surface area contributed by atoms with Crippen molar-refractivity contribution in [2.75, 3.05) is 18.4 Å². The fraction of sp³-hybridized carbons (Fsp3) is 0.250. The Morgan fingerprint density at radius 1 is 0.964 bits per heavy atom. The summed E-state index contributed by atoms with van der Waals surface area (Å²) in [6.07, 6.45) is 0.0149. The van der Waals surface area contributed by atoms with Gasteiger partial charge in [0.1, 0.15) is 0 Å². The topological polar surface area (TPSA) is 99.3 Å². The lowest BCUT2D eigenvalue weighted by molar-refractivity contribution is -0.127. The predicted molar refractivity (Wildman–Crippen MR) is 109 cm³/mol. The zero-order valence-corrected chi connectivity index (χ0v) is 16.5. The van der Waals surface area contributed by atoms with Crippen molar-refractivity contribution in [1.82, 2.24) is 16.2 Å². The van der Waals surface area contributed by atoms with Crippen molar-refractivity contribution in [2.45, 2.75) is 20.3 Å². The van der Waals surface area contributed by atoms with Gasteiger partial charge in [0.2, 0.25) is 5.91 Å². The fourth-order valence-corrected chi connectivity index (χ4v) is 2.69. The maximum atomic E-state index is 12.0. The fourth-order valence-electron chi connectivity index (χ4n) is 2.46. The smallest absolute Gasteiger partial charge is 0.257 e. The minimum atomic E-state index is -0.417. The molecule has 148 valence electrons. The molecule has 4 N–H and O–H groups in total. The molecule has 0 bridgehead atoms. The van der Waals surface area contributed by atoms with Crippen LogP contribution in [0.2, 0.25) is 5.02 Å². The van der Waals surface area contributed by atoms with Gasteiger partial charge in [0, 0.05) is 18.7 Å². The Balaban J connectivity index is 1.65. The molecule has 2 aromatic rings. The largest absolute Gasteiger partial charge is 0.376 e. The quantitative estimate of drug-likeness (QED) is 0.534. The minimum Gasteiger partial charge on any atom is -0.376 e. The monoisotopic (exact) mass is 402 g/mol. The summed E-state index contributed by atoms with van der Waals surface area (Å²) in [6.45, 7) is 4.09. The summed E-state index contributed by atoms with van der Waals surface area (Å²) in [5, 5.41) is 5.96. The van der Waals surface area contributed by atoms with Gasteiger partial charge in [0.05, 0.1) is 17.1 Å². The van der Waals surface area contributed by atoms with E-state index in [1.54, 1.807) is 24.3 Å². The Morgan fingerprint density at radius 3 is 2.39 bits per heavy atom.